The lowest BCUT2D eigenvalue weighted by Crippen LogP contribution is -2.42. The molecule has 1 unspecified atom stereocenters. The Morgan fingerprint density at radius 3 is 2.81 bits per heavy atom. The fraction of sp³-hybridized carbons (Fsp3) is 0.579. The molecular formula is C19H32IN5O. The SMILES string of the molecule is CCC(C)NC(=NCCCn1nc(C)cc1C)NCCc1ccco1.I. The van der Waals surface area contributed by atoms with Gasteiger partial charge >= 0.3 is 0 Å². The van der Waals surface area contributed by atoms with Gasteiger partial charge < -0.3 is 15.1 Å². The number of hydrogen-bond acceptors (Lipinski definition) is 3. The van der Waals surface area contributed by atoms with Crippen LogP contribution in [0.25, 0.3) is 0 Å². The molecule has 0 bridgehead atoms. The van der Waals surface area contributed by atoms with Crippen LogP contribution in [-0.4, -0.2) is 34.9 Å². The van der Waals surface area contributed by atoms with Crippen LogP contribution in [0, 0.1) is 13.8 Å². The highest BCUT2D eigenvalue weighted by atomic mass is 127. The Kier molecular flexibility index (Phi) is 10.4. The number of halogens is 1. The van der Waals surface area contributed by atoms with Gasteiger partial charge in [-0.3, -0.25) is 9.67 Å². The fourth-order valence-electron chi connectivity index (χ4n) is 2.56. The molecule has 0 spiro atoms. The van der Waals surface area contributed by atoms with Crippen LogP contribution in [0.3, 0.4) is 0 Å². The van der Waals surface area contributed by atoms with E-state index in [1.54, 1.807) is 6.26 Å². The molecule has 6 nitrogen and oxygen atoms in total. The molecule has 0 saturated carbocycles. The second-order valence-electron chi connectivity index (χ2n) is 6.44. The van der Waals surface area contributed by atoms with Crippen LogP contribution in [-0.2, 0) is 13.0 Å². The summed E-state index contributed by atoms with van der Waals surface area (Å²) in [7, 11) is 0. The average Bonchev–Trinajstić information content (AvgIpc) is 3.20. The van der Waals surface area contributed by atoms with E-state index < -0.39 is 0 Å². The van der Waals surface area contributed by atoms with Crippen LogP contribution >= 0.6 is 24.0 Å². The monoisotopic (exact) mass is 473 g/mol. The van der Waals surface area contributed by atoms with Gasteiger partial charge in [-0.15, -0.1) is 24.0 Å². The Morgan fingerprint density at radius 1 is 1.38 bits per heavy atom. The summed E-state index contributed by atoms with van der Waals surface area (Å²) in [4.78, 5) is 4.70. The first-order valence-corrected chi connectivity index (χ1v) is 9.16. The number of guanidine groups is 1. The molecule has 1 atom stereocenters. The van der Waals surface area contributed by atoms with Crippen molar-refractivity contribution in [2.75, 3.05) is 13.1 Å². The highest BCUT2D eigenvalue weighted by molar-refractivity contribution is 14.0. The molecular weight excluding hydrogens is 441 g/mol. The van der Waals surface area contributed by atoms with Crippen LogP contribution < -0.4 is 10.6 Å². The zero-order valence-electron chi connectivity index (χ0n) is 16.3. The second kappa shape index (κ2) is 12.0. The third kappa shape index (κ3) is 7.80. The van der Waals surface area contributed by atoms with Crippen molar-refractivity contribution in [2.24, 2.45) is 4.99 Å². The minimum atomic E-state index is 0. The largest absolute Gasteiger partial charge is 0.469 e. The topological polar surface area (TPSA) is 67.4 Å². The number of furan rings is 1. The lowest BCUT2D eigenvalue weighted by Gasteiger charge is -2.17. The summed E-state index contributed by atoms with van der Waals surface area (Å²) in [6.45, 7) is 10.9. The Hall–Kier alpha value is -1.51. The van der Waals surface area contributed by atoms with E-state index in [0.29, 0.717) is 6.04 Å². The van der Waals surface area contributed by atoms with Gasteiger partial charge in [-0.2, -0.15) is 5.10 Å². The second-order valence-corrected chi connectivity index (χ2v) is 6.44. The van der Waals surface area contributed by atoms with E-state index in [1.165, 1.54) is 5.69 Å². The van der Waals surface area contributed by atoms with Crippen molar-refractivity contribution in [2.45, 2.75) is 59.5 Å². The van der Waals surface area contributed by atoms with Gasteiger partial charge in [0.2, 0.25) is 0 Å². The number of nitrogens with one attached hydrogen (secondary N) is 2. The fourth-order valence-corrected chi connectivity index (χ4v) is 2.56. The molecule has 26 heavy (non-hydrogen) atoms. The average molecular weight is 473 g/mol. The predicted molar refractivity (Wildman–Crippen MR) is 117 cm³/mol. The summed E-state index contributed by atoms with van der Waals surface area (Å²) >= 11 is 0. The van der Waals surface area contributed by atoms with Gasteiger partial charge in [0.15, 0.2) is 5.96 Å². The molecule has 0 fully saturated rings. The van der Waals surface area contributed by atoms with Crippen LogP contribution in [0.4, 0.5) is 0 Å². The van der Waals surface area contributed by atoms with Gasteiger partial charge in [0, 0.05) is 37.8 Å². The minimum absolute atomic E-state index is 0. The maximum Gasteiger partial charge on any atom is 0.191 e. The van der Waals surface area contributed by atoms with E-state index in [0.717, 1.165) is 56.3 Å². The summed E-state index contributed by atoms with van der Waals surface area (Å²) in [5, 5.41) is 11.3. The molecule has 146 valence electrons. The van der Waals surface area contributed by atoms with E-state index in [-0.39, 0.29) is 24.0 Å². The maximum atomic E-state index is 5.37. The normalized spacial score (nSPS) is 12.5. The van der Waals surface area contributed by atoms with Crippen molar-refractivity contribution in [1.82, 2.24) is 20.4 Å². The van der Waals surface area contributed by atoms with Gasteiger partial charge in [-0.05, 0) is 51.8 Å². The van der Waals surface area contributed by atoms with E-state index in [4.69, 9.17) is 9.41 Å². The summed E-state index contributed by atoms with van der Waals surface area (Å²) < 4.78 is 7.42. The molecule has 2 aromatic heterocycles. The van der Waals surface area contributed by atoms with Gasteiger partial charge in [-0.25, -0.2) is 0 Å². The van der Waals surface area contributed by atoms with Gasteiger partial charge in [0.1, 0.15) is 5.76 Å². The van der Waals surface area contributed by atoms with Crippen LogP contribution in [0.2, 0.25) is 0 Å². The van der Waals surface area contributed by atoms with Gasteiger partial charge in [0.25, 0.3) is 0 Å². The highest BCUT2D eigenvalue weighted by Gasteiger charge is 2.05. The third-order valence-electron chi connectivity index (χ3n) is 4.14. The lowest BCUT2D eigenvalue weighted by molar-refractivity contribution is 0.506. The van der Waals surface area contributed by atoms with Gasteiger partial charge in [0.05, 0.1) is 12.0 Å². The zero-order chi connectivity index (χ0) is 18.1. The summed E-state index contributed by atoms with van der Waals surface area (Å²) in [6, 6.07) is 6.41. The molecule has 2 heterocycles. The maximum absolute atomic E-state index is 5.37. The van der Waals surface area contributed by atoms with Gasteiger partial charge in [-0.1, -0.05) is 6.92 Å². The summed E-state index contributed by atoms with van der Waals surface area (Å²) in [5.41, 5.74) is 2.27. The Labute approximate surface area is 173 Å². The zero-order valence-corrected chi connectivity index (χ0v) is 18.6. The smallest absolute Gasteiger partial charge is 0.191 e. The quantitative estimate of drug-likeness (QED) is 0.253. The molecule has 0 aromatic carbocycles. The molecule has 0 aliphatic carbocycles. The predicted octanol–water partition coefficient (Wildman–Crippen LogP) is 3.68. The Morgan fingerprint density at radius 2 is 2.19 bits per heavy atom. The molecule has 0 radical (unpaired) electrons. The van der Waals surface area contributed by atoms with E-state index in [2.05, 4.69) is 47.3 Å². The molecule has 0 aliphatic heterocycles. The molecule has 2 N–H and O–H groups in total. The van der Waals surface area contributed by atoms with Crippen LogP contribution in [0.15, 0.2) is 33.9 Å². The number of nitrogens with zero attached hydrogens (tertiary/aromatic N) is 3. The van der Waals surface area contributed by atoms with Crippen molar-refractivity contribution in [3.8, 4) is 0 Å². The first-order valence-electron chi connectivity index (χ1n) is 9.16. The number of aromatic nitrogens is 2. The highest BCUT2D eigenvalue weighted by Crippen LogP contribution is 2.03. The lowest BCUT2D eigenvalue weighted by atomic mass is 10.3. The number of aryl methyl sites for hydroxylation is 3. The van der Waals surface area contributed by atoms with E-state index in [9.17, 15) is 0 Å². The summed E-state index contributed by atoms with van der Waals surface area (Å²) in [6.07, 6.45) is 4.58. The molecule has 7 heteroatoms. The molecule has 0 aliphatic rings. The standard InChI is InChI=1S/C19H31N5O.HI/c1-5-15(2)22-19(21-11-9-18-8-6-13-25-18)20-10-7-12-24-17(4)14-16(3)23-24;/h6,8,13-15H,5,7,9-12H2,1-4H3,(H2,20,21,22);1H. The first-order chi connectivity index (χ1) is 12.1. The van der Waals surface area contributed by atoms with Crippen LogP contribution in [0.5, 0.6) is 0 Å². The third-order valence-corrected chi connectivity index (χ3v) is 4.14. The first kappa shape index (κ1) is 22.5. The van der Waals surface area contributed by atoms with Crippen molar-refractivity contribution < 1.29 is 4.42 Å². The number of aliphatic imine (C=N–C) groups is 1. The minimum Gasteiger partial charge on any atom is -0.469 e. The van der Waals surface area contributed by atoms with Crippen molar-refractivity contribution >= 4 is 29.9 Å². The number of rotatable bonds is 9. The van der Waals surface area contributed by atoms with E-state index >= 15 is 0 Å². The Balaban J connectivity index is 0.00000338. The summed E-state index contributed by atoms with van der Waals surface area (Å²) in [5.74, 6) is 1.86. The molecule has 2 rings (SSSR count). The Bertz CT molecular complexity index is 651. The van der Waals surface area contributed by atoms with Crippen molar-refractivity contribution in [3.05, 3.63) is 41.6 Å². The molecule has 2 aromatic rings. The van der Waals surface area contributed by atoms with Crippen molar-refractivity contribution in [1.29, 1.82) is 0 Å². The van der Waals surface area contributed by atoms with E-state index in [1.807, 2.05) is 19.1 Å². The molecule has 0 amide bonds. The van der Waals surface area contributed by atoms with Crippen molar-refractivity contribution in [3.63, 3.8) is 0 Å². The molecule has 0 saturated heterocycles. The van der Waals surface area contributed by atoms with Crippen LogP contribution in [0.1, 0.15) is 43.8 Å². The number of hydrogen-bond donors (Lipinski definition) is 2.